The highest BCUT2D eigenvalue weighted by atomic mass is 16.1. The Bertz CT molecular complexity index is 713. The summed E-state index contributed by atoms with van der Waals surface area (Å²) in [5.41, 5.74) is 0.433. The highest BCUT2D eigenvalue weighted by Crippen LogP contribution is 2.18. The number of hydrogen-bond donors (Lipinski definition) is 1. The van der Waals surface area contributed by atoms with Crippen LogP contribution in [0.25, 0.3) is 0 Å². The SMILES string of the molecule is CCCNC(=O)c1cc(N2CCN(c3ccccn3)CC2)nc(C)n1. The number of aromatic nitrogens is 3. The highest BCUT2D eigenvalue weighted by molar-refractivity contribution is 5.92. The van der Waals surface area contributed by atoms with E-state index in [2.05, 4.69) is 30.1 Å². The van der Waals surface area contributed by atoms with Crippen LogP contribution in [0, 0.1) is 6.92 Å². The number of carbonyl (C=O) groups is 1. The van der Waals surface area contributed by atoms with Crippen molar-refractivity contribution in [3.05, 3.63) is 42.0 Å². The largest absolute Gasteiger partial charge is 0.353 e. The number of carbonyl (C=O) groups excluding carboxylic acids is 1. The molecule has 0 unspecified atom stereocenters. The van der Waals surface area contributed by atoms with Crippen LogP contribution in [0.4, 0.5) is 11.6 Å². The summed E-state index contributed by atoms with van der Waals surface area (Å²) in [4.78, 5) is 29.9. The van der Waals surface area contributed by atoms with Gasteiger partial charge in [-0.25, -0.2) is 15.0 Å². The Morgan fingerprint density at radius 2 is 1.84 bits per heavy atom. The van der Waals surface area contributed by atoms with Crippen molar-refractivity contribution in [2.24, 2.45) is 0 Å². The maximum absolute atomic E-state index is 12.2. The Hall–Kier alpha value is -2.70. The van der Waals surface area contributed by atoms with Crippen molar-refractivity contribution in [2.75, 3.05) is 42.5 Å². The molecule has 0 atom stereocenters. The Morgan fingerprint density at radius 1 is 1.12 bits per heavy atom. The van der Waals surface area contributed by atoms with Crippen molar-refractivity contribution in [2.45, 2.75) is 20.3 Å². The molecule has 0 aromatic carbocycles. The molecule has 7 heteroatoms. The van der Waals surface area contributed by atoms with E-state index in [1.54, 1.807) is 6.07 Å². The fraction of sp³-hybridized carbons (Fsp3) is 0.444. The standard InChI is InChI=1S/C18H24N6O/c1-3-7-20-18(25)15-13-17(22-14(2)21-15)24-11-9-23(10-12-24)16-6-4-5-8-19-16/h4-6,8,13H,3,7,9-12H2,1-2H3,(H,20,25). The van der Waals surface area contributed by atoms with Crippen LogP contribution in [0.15, 0.2) is 30.5 Å². The third-order valence-electron chi connectivity index (χ3n) is 4.17. The monoisotopic (exact) mass is 340 g/mol. The van der Waals surface area contributed by atoms with Gasteiger partial charge in [-0.1, -0.05) is 13.0 Å². The van der Waals surface area contributed by atoms with E-state index in [0.29, 0.717) is 18.1 Å². The van der Waals surface area contributed by atoms with Gasteiger partial charge in [0.05, 0.1) is 0 Å². The van der Waals surface area contributed by atoms with Crippen molar-refractivity contribution >= 4 is 17.5 Å². The molecule has 2 aromatic rings. The Morgan fingerprint density at radius 3 is 2.48 bits per heavy atom. The van der Waals surface area contributed by atoms with Gasteiger partial charge in [0.25, 0.3) is 5.91 Å². The molecule has 0 saturated carbocycles. The number of amides is 1. The number of aryl methyl sites for hydroxylation is 1. The van der Waals surface area contributed by atoms with Gasteiger partial charge in [-0.15, -0.1) is 0 Å². The Labute approximate surface area is 148 Å². The maximum Gasteiger partial charge on any atom is 0.270 e. The molecule has 3 rings (SSSR count). The van der Waals surface area contributed by atoms with Gasteiger partial charge >= 0.3 is 0 Å². The van der Waals surface area contributed by atoms with Crippen LogP contribution in [0.3, 0.4) is 0 Å². The van der Waals surface area contributed by atoms with Crippen LogP contribution < -0.4 is 15.1 Å². The Balaban J connectivity index is 1.68. The summed E-state index contributed by atoms with van der Waals surface area (Å²) in [7, 11) is 0. The lowest BCUT2D eigenvalue weighted by atomic mass is 10.2. The summed E-state index contributed by atoms with van der Waals surface area (Å²) in [6.45, 7) is 7.92. The second kappa shape index (κ2) is 7.92. The van der Waals surface area contributed by atoms with Crippen LogP contribution in [0.5, 0.6) is 0 Å². The average molecular weight is 340 g/mol. The number of nitrogens with zero attached hydrogens (tertiary/aromatic N) is 5. The predicted molar refractivity (Wildman–Crippen MR) is 98.1 cm³/mol. The van der Waals surface area contributed by atoms with Gasteiger partial charge in [0.1, 0.15) is 23.2 Å². The normalized spacial score (nSPS) is 14.5. The minimum absolute atomic E-state index is 0.138. The summed E-state index contributed by atoms with van der Waals surface area (Å²) in [5, 5.41) is 2.87. The molecule has 132 valence electrons. The molecule has 2 aromatic heterocycles. The topological polar surface area (TPSA) is 74.2 Å². The third kappa shape index (κ3) is 4.23. The van der Waals surface area contributed by atoms with Crippen molar-refractivity contribution in [3.63, 3.8) is 0 Å². The van der Waals surface area contributed by atoms with E-state index in [0.717, 1.165) is 44.2 Å². The smallest absolute Gasteiger partial charge is 0.270 e. The maximum atomic E-state index is 12.2. The molecule has 1 N–H and O–H groups in total. The summed E-state index contributed by atoms with van der Waals surface area (Å²) >= 11 is 0. The number of nitrogens with one attached hydrogen (secondary N) is 1. The fourth-order valence-corrected chi connectivity index (χ4v) is 2.86. The Kier molecular flexibility index (Phi) is 5.42. The van der Waals surface area contributed by atoms with Gasteiger partial charge in [0.2, 0.25) is 0 Å². The van der Waals surface area contributed by atoms with Gasteiger partial charge in [0, 0.05) is 45.0 Å². The quantitative estimate of drug-likeness (QED) is 0.892. The van der Waals surface area contributed by atoms with Gasteiger partial charge in [-0.3, -0.25) is 4.79 Å². The number of piperazine rings is 1. The zero-order valence-corrected chi connectivity index (χ0v) is 14.8. The molecule has 0 radical (unpaired) electrons. The zero-order chi connectivity index (χ0) is 17.6. The van der Waals surface area contributed by atoms with Crippen LogP contribution in [-0.4, -0.2) is 53.6 Å². The first kappa shape index (κ1) is 17.1. The van der Waals surface area contributed by atoms with Crippen LogP contribution in [-0.2, 0) is 0 Å². The van der Waals surface area contributed by atoms with Crippen molar-refractivity contribution < 1.29 is 4.79 Å². The molecule has 1 saturated heterocycles. The van der Waals surface area contributed by atoms with Crippen LogP contribution >= 0.6 is 0 Å². The third-order valence-corrected chi connectivity index (χ3v) is 4.17. The lowest BCUT2D eigenvalue weighted by Gasteiger charge is -2.36. The summed E-state index contributed by atoms with van der Waals surface area (Å²) in [6.07, 6.45) is 2.72. The lowest BCUT2D eigenvalue weighted by Crippen LogP contribution is -2.47. The summed E-state index contributed by atoms with van der Waals surface area (Å²) in [6, 6.07) is 7.74. The van der Waals surface area contributed by atoms with Gasteiger partial charge < -0.3 is 15.1 Å². The van der Waals surface area contributed by atoms with E-state index < -0.39 is 0 Å². The molecule has 0 spiro atoms. The average Bonchev–Trinajstić information content (AvgIpc) is 2.66. The fourth-order valence-electron chi connectivity index (χ4n) is 2.86. The second-order valence-corrected chi connectivity index (χ2v) is 6.08. The van der Waals surface area contributed by atoms with E-state index in [1.807, 2.05) is 38.2 Å². The number of hydrogen-bond acceptors (Lipinski definition) is 6. The van der Waals surface area contributed by atoms with Gasteiger partial charge in [-0.05, 0) is 25.5 Å². The lowest BCUT2D eigenvalue weighted by molar-refractivity contribution is 0.0948. The van der Waals surface area contributed by atoms with E-state index in [-0.39, 0.29) is 5.91 Å². The van der Waals surface area contributed by atoms with Gasteiger partial charge in [0.15, 0.2) is 0 Å². The van der Waals surface area contributed by atoms with Crippen LogP contribution in [0.1, 0.15) is 29.7 Å². The molecule has 0 aliphatic carbocycles. The molecule has 1 amide bonds. The molecule has 0 bridgehead atoms. The van der Waals surface area contributed by atoms with Gasteiger partial charge in [-0.2, -0.15) is 0 Å². The van der Waals surface area contributed by atoms with E-state index >= 15 is 0 Å². The molecular weight excluding hydrogens is 316 g/mol. The first-order valence-corrected chi connectivity index (χ1v) is 8.72. The first-order chi connectivity index (χ1) is 12.2. The summed E-state index contributed by atoms with van der Waals surface area (Å²) in [5.74, 6) is 2.29. The number of rotatable bonds is 5. The van der Waals surface area contributed by atoms with Crippen molar-refractivity contribution in [3.8, 4) is 0 Å². The number of anilines is 2. The molecule has 7 nitrogen and oxygen atoms in total. The van der Waals surface area contributed by atoms with Crippen molar-refractivity contribution in [1.82, 2.24) is 20.3 Å². The van der Waals surface area contributed by atoms with Crippen LogP contribution in [0.2, 0.25) is 0 Å². The molecule has 1 fully saturated rings. The van der Waals surface area contributed by atoms with E-state index in [1.165, 1.54) is 0 Å². The van der Waals surface area contributed by atoms with E-state index in [4.69, 9.17) is 0 Å². The molecule has 1 aliphatic heterocycles. The predicted octanol–water partition coefficient (Wildman–Crippen LogP) is 1.65. The highest BCUT2D eigenvalue weighted by Gasteiger charge is 2.20. The molecular formula is C18H24N6O. The summed E-state index contributed by atoms with van der Waals surface area (Å²) < 4.78 is 0. The second-order valence-electron chi connectivity index (χ2n) is 6.08. The molecule has 25 heavy (non-hydrogen) atoms. The molecule has 1 aliphatic rings. The zero-order valence-electron chi connectivity index (χ0n) is 14.8. The first-order valence-electron chi connectivity index (χ1n) is 8.72. The van der Waals surface area contributed by atoms with Crippen molar-refractivity contribution in [1.29, 1.82) is 0 Å². The number of pyridine rings is 1. The minimum Gasteiger partial charge on any atom is -0.353 e. The minimum atomic E-state index is -0.138. The van der Waals surface area contributed by atoms with E-state index in [9.17, 15) is 4.79 Å². The molecule has 3 heterocycles.